The van der Waals surface area contributed by atoms with E-state index in [1.54, 1.807) is 18.3 Å². The van der Waals surface area contributed by atoms with Crippen molar-refractivity contribution >= 4 is 11.8 Å². The summed E-state index contributed by atoms with van der Waals surface area (Å²) in [5, 5.41) is 11.9. The molecule has 1 rings (SSSR count). The van der Waals surface area contributed by atoms with Crippen LogP contribution in [0.2, 0.25) is 0 Å². The second kappa shape index (κ2) is 6.07. The third-order valence-electron chi connectivity index (χ3n) is 2.14. The van der Waals surface area contributed by atoms with Gasteiger partial charge < -0.3 is 15.2 Å². The number of methoxy groups -OCH3 is 1. The zero-order chi connectivity index (χ0) is 12.0. The van der Waals surface area contributed by atoms with Crippen LogP contribution in [-0.2, 0) is 4.74 Å². The van der Waals surface area contributed by atoms with E-state index in [2.05, 4.69) is 15.0 Å². The monoisotopic (exact) mass is 224 g/mol. The molecule has 1 unspecified atom stereocenters. The van der Waals surface area contributed by atoms with Crippen molar-refractivity contribution in [3.8, 4) is 0 Å². The van der Waals surface area contributed by atoms with Gasteiger partial charge >= 0.3 is 5.97 Å². The van der Waals surface area contributed by atoms with Crippen LogP contribution in [-0.4, -0.2) is 36.3 Å². The smallest absolute Gasteiger partial charge is 0.341 e. The SMILES string of the molecule is COC(=O)c1cccnc1NCC(C)CO. The molecule has 5 heteroatoms. The first-order chi connectivity index (χ1) is 7.69. The van der Waals surface area contributed by atoms with Gasteiger partial charge in [-0.15, -0.1) is 0 Å². The van der Waals surface area contributed by atoms with Gasteiger partial charge in [-0.2, -0.15) is 0 Å². The highest BCUT2D eigenvalue weighted by Gasteiger charge is 2.12. The normalized spacial score (nSPS) is 11.9. The highest BCUT2D eigenvalue weighted by atomic mass is 16.5. The number of aliphatic hydroxyl groups is 1. The number of aromatic nitrogens is 1. The third kappa shape index (κ3) is 3.20. The van der Waals surface area contributed by atoms with Crippen LogP contribution in [0.15, 0.2) is 18.3 Å². The molecular weight excluding hydrogens is 208 g/mol. The molecule has 16 heavy (non-hydrogen) atoms. The number of pyridine rings is 1. The number of anilines is 1. The van der Waals surface area contributed by atoms with Crippen molar-refractivity contribution < 1.29 is 14.6 Å². The number of ether oxygens (including phenoxy) is 1. The van der Waals surface area contributed by atoms with Gasteiger partial charge in [0.25, 0.3) is 0 Å². The van der Waals surface area contributed by atoms with Crippen molar-refractivity contribution in [2.45, 2.75) is 6.92 Å². The summed E-state index contributed by atoms with van der Waals surface area (Å²) in [6.45, 7) is 2.54. The van der Waals surface area contributed by atoms with Gasteiger partial charge in [0.05, 0.1) is 7.11 Å². The molecule has 0 saturated carbocycles. The average Bonchev–Trinajstić information content (AvgIpc) is 2.35. The predicted molar refractivity (Wildman–Crippen MR) is 60.3 cm³/mol. The maximum atomic E-state index is 11.4. The Balaban J connectivity index is 2.75. The van der Waals surface area contributed by atoms with Gasteiger partial charge in [-0.3, -0.25) is 0 Å². The summed E-state index contributed by atoms with van der Waals surface area (Å²) in [5.41, 5.74) is 0.398. The lowest BCUT2D eigenvalue weighted by Crippen LogP contribution is -2.17. The highest BCUT2D eigenvalue weighted by Crippen LogP contribution is 2.12. The van der Waals surface area contributed by atoms with Crippen molar-refractivity contribution in [1.29, 1.82) is 0 Å². The van der Waals surface area contributed by atoms with Crippen LogP contribution in [0.5, 0.6) is 0 Å². The maximum absolute atomic E-state index is 11.4. The molecule has 0 fully saturated rings. The Morgan fingerprint density at radius 2 is 2.44 bits per heavy atom. The van der Waals surface area contributed by atoms with E-state index in [-0.39, 0.29) is 12.5 Å². The zero-order valence-corrected chi connectivity index (χ0v) is 9.43. The van der Waals surface area contributed by atoms with Crippen LogP contribution in [0.4, 0.5) is 5.82 Å². The number of carbonyl (C=O) groups is 1. The van der Waals surface area contributed by atoms with E-state index in [1.807, 2.05) is 6.92 Å². The molecule has 1 aromatic heterocycles. The van der Waals surface area contributed by atoms with Crippen LogP contribution in [0.25, 0.3) is 0 Å². The first-order valence-electron chi connectivity index (χ1n) is 5.07. The number of nitrogens with zero attached hydrogens (tertiary/aromatic N) is 1. The second-order valence-corrected chi connectivity index (χ2v) is 3.56. The van der Waals surface area contributed by atoms with Crippen molar-refractivity contribution in [2.24, 2.45) is 5.92 Å². The summed E-state index contributed by atoms with van der Waals surface area (Å²) >= 11 is 0. The summed E-state index contributed by atoms with van der Waals surface area (Å²) in [5.74, 6) is 0.161. The van der Waals surface area contributed by atoms with Gasteiger partial charge in [0.2, 0.25) is 0 Å². The second-order valence-electron chi connectivity index (χ2n) is 3.56. The molecule has 88 valence electrons. The predicted octanol–water partition coefficient (Wildman–Crippen LogP) is 0.908. The van der Waals surface area contributed by atoms with E-state index < -0.39 is 5.97 Å². The molecule has 0 aliphatic heterocycles. The molecule has 0 radical (unpaired) electrons. The number of carbonyl (C=O) groups excluding carboxylic acids is 1. The fourth-order valence-electron chi connectivity index (χ4n) is 1.16. The number of rotatable bonds is 5. The van der Waals surface area contributed by atoms with Crippen molar-refractivity contribution in [3.05, 3.63) is 23.9 Å². The standard InChI is InChI=1S/C11H16N2O3/c1-8(7-14)6-13-10-9(11(15)16-2)4-3-5-12-10/h3-5,8,14H,6-7H2,1-2H3,(H,12,13). The van der Waals surface area contributed by atoms with Crippen molar-refractivity contribution in [3.63, 3.8) is 0 Å². The number of nitrogens with one attached hydrogen (secondary N) is 1. The molecule has 1 aromatic rings. The molecule has 2 N–H and O–H groups in total. The minimum Gasteiger partial charge on any atom is -0.465 e. The van der Waals surface area contributed by atoms with Crippen LogP contribution in [0.3, 0.4) is 0 Å². The number of hydrogen-bond donors (Lipinski definition) is 2. The van der Waals surface area contributed by atoms with Crippen molar-refractivity contribution in [1.82, 2.24) is 4.98 Å². The van der Waals surface area contributed by atoms with Crippen LogP contribution < -0.4 is 5.32 Å². The summed E-state index contributed by atoms with van der Waals surface area (Å²) in [7, 11) is 1.33. The Bertz CT molecular complexity index is 355. The van der Waals surface area contributed by atoms with E-state index in [0.717, 1.165) is 0 Å². The lowest BCUT2D eigenvalue weighted by atomic mass is 10.2. The number of aliphatic hydroxyl groups excluding tert-OH is 1. The molecule has 0 spiro atoms. The Morgan fingerprint density at radius 3 is 3.06 bits per heavy atom. The van der Waals surface area contributed by atoms with E-state index in [0.29, 0.717) is 17.9 Å². The van der Waals surface area contributed by atoms with Gasteiger partial charge in [-0.05, 0) is 18.1 Å². The van der Waals surface area contributed by atoms with E-state index >= 15 is 0 Å². The lowest BCUT2D eigenvalue weighted by molar-refractivity contribution is 0.0601. The largest absolute Gasteiger partial charge is 0.465 e. The molecule has 1 atom stereocenters. The van der Waals surface area contributed by atoms with Crippen LogP contribution >= 0.6 is 0 Å². The third-order valence-corrected chi connectivity index (χ3v) is 2.14. The number of hydrogen-bond acceptors (Lipinski definition) is 5. The molecule has 1 heterocycles. The number of esters is 1. The van der Waals surface area contributed by atoms with Crippen LogP contribution in [0, 0.1) is 5.92 Å². The first kappa shape index (κ1) is 12.4. The van der Waals surface area contributed by atoms with Gasteiger partial charge in [0, 0.05) is 19.3 Å². The van der Waals surface area contributed by atoms with Crippen LogP contribution in [0.1, 0.15) is 17.3 Å². The Hall–Kier alpha value is -1.62. The highest BCUT2D eigenvalue weighted by molar-refractivity contribution is 5.94. The molecule has 0 bridgehead atoms. The molecule has 0 saturated heterocycles. The van der Waals surface area contributed by atoms with Gasteiger partial charge in [0.1, 0.15) is 11.4 Å². The average molecular weight is 224 g/mol. The zero-order valence-electron chi connectivity index (χ0n) is 9.43. The Morgan fingerprint density at radius 1 is 1.69 bits per heavy atom. The van der Waals surface area contributed by atoms with Gasteiger partial charge in [-0.1, -0.05) is 6.92 Å². The summed E-state index contributed by atoms with van der Waals surface area (Å²) < 4.78 is 4.64. The first-order valence-corrected chi connectivity index (χ1v) is 5.07. The van der Waals surface area contributed by atoms with Gasteiger partial charge in [0.15, 0.2) is 0 Å². The molecule has 0 aliphatic rings. The van der Waals surface area contributed by atoms with E-state index in [9.17, 15) is 4.79 Å². The minimum atomic E-state index is -0.424. The molecule has 0 amide bonds. The van der Waals surface area contributed by atoms with Gasteiger partial charge in [-0.25, -0.2) is 9.78 Å². The molecule has 0 aromatic carbocycles. The summed E-state index contributed by atoms with van der Waals surface area (Å²) in [4.78, 5) is 15.5. The van der Waals surface area contributed by atoms with E-state index in [4.69, 9.17) is 5.11 Å². The van der Waals surface area contributed by atoms with Crippen molar-refractivity contribution in [2.75, 3.05) is 25.6 Å². The minimum absolute atomic E-state index is 0.0907. The topological polar surface area (TPSA) is 71.5 Å². The fraction of sp³-hybridized carbons (Fsp3) is 0.455. The quantitative estimate of drug-likeness (QED) is 0.727. The molecule has 0 aliphatic carbocycles. The molecular formula is C11H16N2O3. The molecule has 5 nitrogen and oxygen atoms in total. The van der Waals surface area contributed by atoms with E-state index in [1.165, 1.54) is 7.11 Å². The summed E-state index contributed by atoms with van der Waals surface area (Å²) in [6.07, 6.45) is 1.60. The summed E-state index contributed by atoms with van der Waals surface area (Å²) in [6, 6.07) is 3.32. The lowest BCUT2D eigenvalue weighted by Gasteiger charge is -2.12. The maximum Gasteiger partial charge on any atom is 0.341 e. The Kier molecular flexibility index (Phi) is 4.72. The Labute approximate surface area is 94.5 Å². The fourth-order valence-corrected chi connectivity index (χ4v) is 1.16.